The second-order valence-corrected chi connectivity index (χ2v) is 6.03. The molecule has 1 atom stereocenters. The van der Waals surface area contributed by atoms with E-state index in [0.29, 0.717) is 6.54 Å². The molecule has 0 aliphatic heterocycles. The first kappa shape index (κ1) is 17.7. The van der Waals surface area contributed by atoms with E-state index in [1.807, 2.05) is 53.4 Å². The largest absolute Gasteiger partial charge is 0.497 e. The summed E-state index contributed by atoms with van der Waals surface area (Å²) in [5.41, 5.74) is 1.86. The lowest BCUT2D eigenvalue weighted by Gasteiger charge is -2.19. The maximum atomic E-state index is 13.2. The lowest BCUT2D eigenvalue weighted by Crippen LogP contribution is -2.26. The molecule has 26 heavy (non-hydrogen) atoms. The topological polar surface area (TPSA) is 43.3 Å². The van der Waals surface area contributed by atoms with Gasteiger partial charge in [-0.05, 0) is 47.5 Å². The minimum Gasteiger partial charge on any atom is -0.497 e. The Morgan fingerprint density at radius 1 is 1.12 bits per heavy atom. The number of rotatable bonds is 7. The summed E-state index contributed by atoms with van der Waals surface area (Å²) in [4.78, 5) is 12.5. The number of carbonyl (C=O) groups is 1. The van der Waals surface area contributed by atoms with Crippen molar-refractivity contribution in [2.45, 2.75) is 19.0 Å². The molecule has 5 heteroatoms. The highest BCUT2D eigenvalue weighted by atomic mass is 19.1. The second kappa shape index (κ2) is 8.34. The van der Waals surface area contributed by atoms with E-state index in [1.54, 1.807) is 19.2 Å². The zero-order valence-corrected chi connectivity index (χ0v) is 14.6. The Morgan fingerprint density at radius 2 is 1.85 bits per heavy atom. The van der Waals surface area contributed by atoms with Crippen LogP contribution in [0.15, 0.2) is 73.1 Å². The van der Waals surface area contributed by atoms with Crippen LogP contribution in [-0.4, -0.2) is 17.6 Å². The van der Waals surface area contributed by atoms with Gasteiger partial charge < -0.3 is 14.6 Å². The maximum absolute atomic E-state index is 13.2. The van der Waals surface area contributed by atoms with Crippen molar-refractivity contribution in [1.29, 1.82) is 0 Å². The van der Waals surface area contributed by atoms with Gasteiger partial charge in [0, 0.05) is 18.9 Å². The Balaban J connectivity index is 1.68. The van der Waals surface area contributed by atoms with Crippen LogP contribution < -0.4 is 10.1 Å². The van der Waals surface area contributed by atoms with Crippen molar-refractivity contribution in [3.05, 3.63) is 90.0 Å². The molecule has 0 fully saturated rings. The molecule has 1 aromatic heterocycles. The van der Waals surface area contributed by atoms with Crippen LogP contribution in [0.5, 0.6) is 5.75 Å². The predicted octanol–water partition coefficient (Wildman–Crippen LogP) is 3.93. The molecule has 3 rings (SSSR count). The normalized spacial score (nSPS) is 11.8. The molecule has 0 radical (unpaired) electrons. The van der Waals surface area contributed by atoms with E-state index in [4.69, 9.17) is 4.74 Å². The number of ether oxygens (including phenoxy) is 1. The van der Waals surface area contributed by atoms with Gasteiger partial charge >= 0.3 is 0 Å². The van der Waals surface area contributed by atoms with Crippen LogP contribution in [0.4, 0.5) is 4.39 Å². The highest BCUT2D eigenvalue weighted by molar-refractivity contribution is 5.76. The molecule has 0 saturated carbocycles. The average molecular weight is 352 g/mol. The third-order valence-electron chi connectivity index (χ3n) is 4.24. The average Bonchev–Trinajstić information content (AvgIpc) is 3.20. The van der Waals surface area contributed by atoms with Crippen LogP contribution in [0.2, 0.25) is 0 Å². The Hall–Kier alpha value is -3.08. The van der Waals surface area contributed by atoms with Gasteiger partial charge in [0.15, 0.2) is 0 Å². The van der Waals surface area contributed by atoms with E-state index >= 15 is 0 Å². The molecule has 1 heterocycles. The summed E-state index contributed by atoms with van der Waals surface area (Å²) < 4.78 is 20.4. The van der Waals surface area contributed by atoms with Gasteiger partial charge in [-0.3, -0.25) is 4.79 Å². The van der Waals surface area contributed by atoms with E-state index in [1.165, 1.54) is 12.1 Å². The summed E-state index contributed by atoms with van der Waals surface area (Å²) in [6.07, 6.45) is 4.08. The molecule has 0 aliphatic carbocycles. The molecule has 0 unspecified atom stereocenters. The summed E-state index contributed by atoms with van der Waals surface area (Å²) in [5.74, 6) is 0.395. The van der Waals surface area contributed by atoms with Crippen molar-refractivity contribution in [2.75, 3.05) is 7.11 Å². The molecular weight excluding hydrogens is 331 g/mol. The fourth-order valence-corrected chi connectivity index (χ4v) is 2.87. The van der Waals surface area contributed by atoms with Crippen molar-refractivity contribution >= 4 is 5.91 Å². The van der Waals surface area contributed by atoms with Gasteiger partial charge in [0.05, 0.1) is 19.6 Å². The zero-order valence-electron chi connectivity index (χ0n) is 14.6. The second-order valence-electron chi connectivity index (χ2n) is 6.03. The lowest BCUT2D eigenvalue weighted by atomic mass is 10.0. The number of nitrogens with one attached hydrogen (secondary N) is 1. The lowest BCUT2D eigenvalue weighted by molar-refractivity contribution is -0.121. The summed E-state index contributed by atoms with van der Waals surface area (Å²) in [5, 5.41) is 2.94. The monoisotopic (exact) mass is 352 g/mol. The number of benzene rings is 2. The molecule has 4 nitrogen and oxygen atoms in total. The first-order valence-electron chi connectivity index (χ1n) is 8.43. The van der Waals surface area contributed by atoms with Crippen molar-refractivity contribution in [2.24, 2.45) is 0 Å². The van der Waals surface area contributed by atoms with Crippen LogP contribution in [0.3, 0.4) is 0 Å². The van der Waals surface area contributed by atoms with Gasteiger partial charge in [-0.25, -0.2) is 4.39 Å². The molecule has 3 aromatic rings. The number of nitrogens with zero attached hydrogens (tertiary/aromatic N) is 1. The fraction of sp³-hybridized carbons (Fsp3) is 0.190. The first-order valence-corrected chi connectivity index (χ1v) is 8.43. The molecule has 0 aliphatic rings. The van der Waals surface area contributed by atoms with Crippen LogP contribution in [0, 0.1) is 5.82 Å². The summed E-state index contributed by atoms with van der Waals surface area (Å²) in [6.45, 7) is 0.428. The summed E-state index contributed by atoms with van der Waals surface area (Å²) in [7, 11) is 1.61. The quantitative estimate of drug-likeness (QED) is 0.700. The third kappa shape index (κ3) is 4.51. The minimum absolute atomic E-state index is 0.0733. The van der Waals surface area contributed by atoms with Gasteiger partial charge in [0.2, 0.25) is 5.91 Å². The Labute approximate surface area is 152 Å². The number of carbonyl (C=O) groups excluding carboxylic acids is 1. The van der Waals surface area contributed by atoms with Crippen LogP contribution >= 0.6 is 0 Å². The SMILES string of the molecule is COc1cccc(CNC(=O)C[C@H](c2ccc(F)cc2)n2cccc2)c1. The highest BCUT2D eigenvalue weighted by Gasteiger charge is 2.17. The van der Waals surface area contributed by atoms with E-state index in [-0.39, 0.29) is 24.2 Å². The van der Waals surface area contributed by atoms with Gasteiger partial charge in [-0.1, -0.05) is 24.3 Å². The van der Waals surface area contributed by atoms with Crippen LogP contribution in [0.25, 0.3) is 0 Å². The number of aromatic nitrogens is 1. The number of amides is 1. The predicted molar refractivity (Wildman–Crippen MR) is 98.4 cm³/mol. The number of hydrogen-bond acceptors (Lipinski definition) is 2. The van der Waals surface area contributed by atoms with Gasteiger partial charge in [0.1, 0.15) is 11.6 Å². The number of halogens is 1. The molecule has 0 spiro atoms. The van der Waals surface area contributed by atoms with Crippen LogP contribution in [0.1, 0.15) is 23.6 Å². The van der Waals surface area contributed by atoms with Crippen molar-refractivity contribution < 1.29 is 13.9 Å². The van der Waals surface area contributed by atoms with Crippen molar-refractivity contribution in [3.63, 3.8) is 0 Å². The van der Waals surface area contributed by atoms with E-state index in [9.17, 15) is 9.18 Å². The first-order chi connectivity index (χ1) is 12.7. The Kier molecular flexibility index (Phi) is 5.69. The standard InChI is InChI=1S/C21H21FN2O2/c1-26-19-6-4-5-16(13-19)15-23-21(25)14-20(24-11-2-3-12-24)17-7-9-18(22)10-8-17/h2-13,20H,14-15H2,1H3,(H,23,25)/t20-/m1/s1. The van der Waals surface area contributed by atoms with Crippen LogP contribution in [-0.2, 0) is 11.3 Å². The number of methoxy groups -OCH3 is 1. The molecule has 134 valence electrons. The van der Waals surface area contributed by atoms with Gasteiger partial charge in [-0.2, -0.15) is 0 Å². The molecular formula is C21H21FN2O2. The molecule has 1 amide bonds. The molecule has 0 saturated heterocycles. The fourth-order valence-electron chi connectivity index (χ4n) is 2.87. The zero-order chi connectivity index (χ0) is 18.4. The van der Waals surface area contributed by atoms with E-state index in [0.717, 1.165) is 16.9 Å². The molecule has 0 bridgehead atoms. The van der Waals surface area contributed by atoms with Gasteiger partial charge in [-0.15, -0.1) is 0 Å². The third-order valence-corrected chi connectivity index (χ3v) is 4.24. The molecule has 1 N–H and O–H groups in total. The highest BCUT2D eigenvalue weighted by Crippen LogP contribution is 2.23. The Bertz CT molecular complexity index is 845. The van der Waals surface area contributed by atoms with Crippen molar-refractivity contribution in [1.82, 2.24) is 9.88 Å². The van der Waals surface area contributed by atoms with Crippen molar-refractivity contribution in [3.8, 4) is 5.75 Å². The maximum Gasteiger partial charge on any atom is 0.222 e. The van der Waals surface area contributed by atoms with E-state index in [2.05, 4.69) is 5.32 Å². The minimum atomic E-state index is -0.289. The smallest absolute Gasteiger partial charge is 0.222 e. The summed E-state index contributed by atoms with van der Waals surface area (Å²) in [6, 6.07) is 17.5. The Morgan fingerprint density at radius 3 is 2.54 bits per heavy atom. The van der Waals surface area contributed by atoms with E-state index < -0.39 is 0 Å². The number of hydrogen-bond donors (Lipinski definition) is 1. The summed E-state index contributed by atoms with van der Waals surface area (Å²) >= 11 is 0. The molecule has 2 aromatic carbocycles. The van der Waals surface area contributed by atoms with Gasteiger partial charge in [0.25, 0.3) is 0 Å².